The van der Waals surface area contributed by atoms with Gasteiger partial charge in [-0.05, 0) is 24.0 Å². The molecule has 2 aliphatic heterocycles. The second kappa shape index (κ2) is 20.0. The number of aliphatic imine (C=N–C) groups is 1. The summed E-state index contributed by atoms with van der Waals surface area (Å²) in [6.07, 6.45) is 1.73. The van der Waals surface area contributed by atoms with E-state index in [-0.39, 0.29) is 70.8 Å². The number of hydrogen-bond donors (Lipinski definition) is 2. The van der Waals surface area contributed by atoms with Gasteiger partial charge in [-0.25, -0.2) is 4.79 Å². The molecule has 2 heterocycles. The Balaban J connectivity index is 0.000000247. The summed E-state index contributed by atoms with van der Waals surface area (Å²) in [7, 11) is 0. The molecule has 0 amide bonds. The van der Waals surface area contributed by atoms with Gasteiger partial charge in [-0.2, -0.15) is 12.1 Å². The van der Waals surface area contributed by atoms with Gasteiger partial charge < -0.3 is 15.3 Å². The summed E-state index contributed by atoms with van der Waals surface area (Å²) in [6, 6.07) is 42.7. The molecule has 0 spiro atoms. The van der Waals surface area contributed by atoms with E-state index in [2.05, 4.69) is 150 Å². The molecule has 0 bridgehead atoms. The van der Waals surface area contributed by atoms with Crippen molar-refractivity contribution in [3.63, 3.8) is 0 Å². The second-order valence-corrected chi connectivity index (χ2v) is 11.8. The van der Waals surface area contributed by atoms with Crippen LogP contribution in [0.4, 0.5) is 0 Å². The zero-order valence-electron chi connectivity index (χ0n) is 27.8. The average Bonchev–Trinajstić information content (AvgIpc) is 3.66. The van der Waals surface area contributed by atoms with E-state index in [0.717, 1.165) is 32.0 Å². The quantitative estimate of drug-likeness (QED) is 0.138. The topological polar surface area (TPSA) is 64.9 Å². The van der Waals surface area contributed by atoms with Crippen molar-refractivity contribution < 1.29 is 36.1 Å². The Bertz CT molecular complexity index is 1830. The van der Waals surface area contributed by atoms with Crippen LogP contribution in [0.15, 0.2) is 126 Å². The number of benzene rings is 4. The summed E-state index contributed by atoms with van der Waals surface area (Å²) in [4.78, 5) is 17.1. The van der Waals surface area contributed by atoms with Gasteiger partial charge in [-0.3, -0.25) is 4.99 Å². The van der Waals surface area contributed by atoms with Crippen LogP contribution in [-0.4, -0.2) is 67.4 Å². The van der Waals surface area contributed by atoms with E-state index in [9.17, 15) is 4.79 Å². The number of nitrogens with one attached hydrogen (secondary N) is 1. The minimum Gasteiger partial charge on any atom is -0.480 e. The van der Waals surface area contributed by atoms with E-state index in [1.54, 1.807) is 0 Å². The maximum atomic E-state index is 10.7. The monoisotopic (exact) mass is 824 g/mol. The van der Waals surface area contributed by atoms with E-state index in [1.165, 1.54) is 54.9 Å². The molecular formula is C40H41Cl2GaN3O2Zr. The van der Waals surface area contributed by atoms with Crippen molar-refractivity contribution in [3.8, 4) is 22.3 Å². The van der Waals surface area contributed by atoms with Crippen molar-refractivity contribution in [2.45, 2.75) is 32.7 Å². The Morgan fingerprint density at radius 3 is 1.71 bits per heavy atom. The number of aliphatic carboxylic acids is 1. The van der Waals surface area contributed by atoms with E-state index < -0.39 is 12.0 Å². The summed E-state index contributed by atoms with van der Waals surface area (Å²) >= 11 is 0. The normalized spacial score (nSPS) is 14.3. The zero-order chi connectivity index (χ0) is 31.2. The van der Waals surface area contributed by atoms with Crippen molar-refractivity contribution in [2.24, 2.45) is 4.99 Å². The van der Waals surface area contributed by atoms with Crippen molar-refractivity contribution in [1.82, 2.24) is 10.2 Å². The Labute approximate surface area is 333 Å². The molecule has 6 aromatic rings. The van der Waals surface area contributed by atoms with Crippen LogP contribution in [0.2, 0.25) is 0 Å². The molecule has 5 nitrogen and oxygen atoms in total. The molecule has 1 unspecified atom stereocenters. The Hall–Kier alpha value is -3.06. The minimum absolute atomic E-state index is 0. The molecule has 6 aromatic carbocycles. The van der Waals surface area contributed by atoms with E-state index in [4.69, 9.17) is 5.11 Å². The zero-order valence-corrected chi connectivity index (χ0v) is 34.3. The van der Waals surface area contributed by atoms with Gasteiger partial charge in [-0.15, -0.1) is 93.9 Å². The van der Waals surface area contributed by atoms with Gasteiger partial charge >= 0.3 is 32.2 Å². The molecular weight excluding hydrogens is 786 g/mol. The number of nitrogens with zero attached hydrogens (tertiary/aromatic N) is 2. The molecule has 2 aliphatic rings. The molecule has 8 rings (SSSR count). The fraction of sp³-hybridized carbons (Fsp3) is 0.200. The first-order chi connectivity index (χ1) is 22.0. The minimum atomic E-state index is -0.784. The molecule has 0 aromatic heterocycles. The number of carboxylic acids is 1. The van der Waals surface area contributed by atoms with E-state index in [0.29, 0.717) is 6.42 Å². The molecule has 1 saturated heterocycles. The molecule has 3 radical (unpaired) electrons. The van der Waals surface area contributed by atoms with E-state index >= 15 is 0 Å². The van der Waals surface area contributed by atoms with Crippen molar-refractivity contribution in [1.29, 1.82) is 0 Å². The largest absolute Gasteiger partial charge is 2.00 e. The summed E-state index contributed by atoms with van der Waals surface area (Å²) in [5.74, 6) is -0.0159. The smallest absolute Gasteiger partial charge is 0.480 e. The summed E-state index contributed by atoms with van der Waals surface area (Å²) in [6.45, 7) is 6.91. The third-order valence-electron chi connectivity index (χ3n) is 8.40. The van der Waals surface area contributed by atoms with Gasteiger partial charge in [0.2, 0.25) is 0 Å². The number of carbonyl (C=O) groups is 1. The molecule has 2 N–H and O–H groups in total. The third kappa shape index (κ3) is 10.5. The predicted octanol–water partition coefficient (Wildman–Crippen LogP) is 9.02. The van der Waals surface area contributed by atoms with Crippen LogP contribution >= 0.6 is 24.8 Å². The number of guanidine groups is 1. The van der Waals surface area contributed by atoms with Crippen LogP contribution < -0.4 is 5.32 Å². The summed E-state index contributed by atoms with van der Waals surface area (Å²) in [5.41, 5.74) is 7.89. The molecule has 1 fully saturated rings. The maximum Gasteiger partial charge on any atom is 2.00 e. The molecule has 0 aliphatic carbocycles. The molecule has 9 heteroatoms. The second-order valence-electron chi connectivity index (χ2n) is 11.8. The first-order valence-electron chi connectivity index (χ1n) is 15.7. The van der Waals surface area contributed by atoms with Gasteiger partial charge in [-0.1, -0.05) is 97.8 Å². The SMILES string of the molecule is Cc1cc2c(-c3ccccc3)cccc2[cH-]1.Cc1cc2c(-c3ccccc3)cccc2[cH-]1.Cl.Cl.O=C(O)C1CCN2CCCN=C2N1.[Ga].[Zr+2]. The van der Waals surface area contributed by atoms with Crippen molar-refractivity contribution in [3.05, 3.63) is 132 Å². The fourth-order valence-corrected chi connectivity index (χ4v) is 6.21. The summed E-state index contributed by atoms with van der Waals surface area (Å²) < 4.78 is 0. The van der Waals surface area contributed by atoms with Crippen LogP contribution in [-0.2, 0) is 31.0 Å². The van der Waals surface area contributed by atoms with Crippen LogP contribution in [0.1, 0.15) is 24.0 Å². The first kappa shape index (κ1) is 42.1. The molecule has 49 heavy (non-hydrogen) atoms. The Morgan fingerprint density at radius 2 is 1.24 bits per heavy atom. The number of aryl methyl sites for hydroxylation is 2. The van der Waals surface area contributed by atoms with Crippen molar-refractivity contribution in [2.75, 3.05) is 19.6 Å². The Morgan fingerprint density at radius 1 is 0.755 bits per heavy atom. The Kier molecular flexibility index (Phi) is 17.1. The number of halogens is 2. The van der Waals surface area contributed by atoms with Crippen LogP contribution in [0.3, 0.4) is 0 Å². The average molecular weight is 828 g/mol. The summed E-state index contributed by atoms with van der Waals surface area (Å²) in [5, 5.41) is 17.1. The van der Waals surface area contributed by atoms with E-state index in [1.807, 2.05) is 0 Å². The van der Waals surface area contributed by atoms with Crippen LogP contribution in [0, 0.1) is 13.8 Å². The first-order valence-corrected chi connectivity index (χ1v) is 15.7. The predicted molar refractivity (Wildman–Crippen MR) is 207 cm³/mol. The molecule has 1 atom stereocenters. The number of hydrogen-bond acceptors (Lipinski definition) is 4. The molecule has 249 valence electrons. The number of rotatable bonds is 3. The van der Waals surface area contributed by atoms with Gasteiger partial charge in [0.05, 0.1) is 0 Å². The van der Waals surface area contributed by atoms with Crippen LogP contribution in [0.5, 0.6) is 0 Å². The van der Waals surface area contributed by atoms with Gasteiger partial charge in [0.1, 0.15) is 6.04 Å². The number of fused-ring (bicyclic) bond motifs is 3. The van der Waals surface area contributed by atoms with Crippen molar-refractivity contribution >= 4 is 78.1 Å². The van der Waals surface area contributed by atoms with Gasteiger partial charge in [0.25, 0.3) is 0 Å². The van der Waals surface area contributed by atoms with Crippen LogP contribution in [0.25, 0.3) is 43.8 Å². The van der Waals surface area contributed by atoms with Gasteiger partial charge in [0.15, 0.2) is 5.96 Å². The maximum absolute atomic E-state index is 10.7. The fourth-order valence-electron chi connectivity index (χ4n) is 6.21. The number of carboxylic acid groups (broad SMARTS) is 1. The third-order valence-corrected chi connectivity index (χ3v) is 8.40. The molecule has 0 saturated carbocycles. The van der Waals surface area contributed by atoms with Gasteiger partial charge in [0, 0.05) is 39.4 Å². The standard InChI is InChI=1S/2C16H13.C8H13N3O2.2ClH.Ga.Zr/c2*1-12-10-14-8-5-9-15(16(14)11-12)13-6-3-2-4-7-13;12-7(13)6-2-5-11-4-1-3-9-8(11)10-6;;;;/h2*2-11H,1H3;6H,1-5H2,(H,9,10)(H,12,13);2*1H;;/q2*-1;;;;;+2.